The van der Waals surface area contributed by atoms with Gasteiger partial charge in [0.1, 0.15) is 11.4 Å². The monoisotopic (exact) mass is 285 g/mol. The van der Waals surface area contributed by atoms with Crippen molar-refractivity contribution in [3.05, 3.63) is 64.0 Å². The van der Waals surface area contributed by atoms with Crippen molar-refractivity contribution in [3.63, 3.8) is 0 Å². The Labute approximate surface area is 119 Å². The number of nitro benzene ring substituents is 1. The van der Waals surface area contributed by atoms with E-state index in [9.17, 15) is 15.2 Å². The highest BCUT2D eigenvalue weighted by Crippen LogP contribution is 2.21. The molecule has 21 heavy (non-hydrogen) atoms. The first-order valence-corrected chi connectivity index (χ1v) is 5.83. The van der Waals surface area contributed by atoms with Crippen molar-refractivity contribution in [1.29, 1.82) is 0 Å². The Hall–Kier alpha value is -3.29. The molecule has 0 fully saturated rings. The Morgan fingerprint density at radius 1 is 1.38 bits per heavy atom. The smallest absolute Gasteiger partial charge is 0.270 e. The fraction of sp³-hybridized carbons (Fsp3) is 0. The summed E-state index contributed by atoms with van der Waals surface area (Å²) in [5, 5.41) is 27.7. The van der Waals surface area contributed by atoms with Gasteiger partial charge in [-0.3, -0.25) is 15.1 Å². The van der Waals surface area contributed by atoms with Crippen molar-refractivity contribution >= 4 is 17.7 Å². The SMILES string of the molecule is N/C(=N/N=C\c1cc([N+](=O)[O-])ccc1O)c1ccccn1. The van der Waals surface area contributed by atoms with Gasteiger partial charge in [0, 0.05) is 23.9 Å². The van der Waals surface area contributed by atoms with Crippen LogP contribution in [-0.2, 0) is 0 Å². The molecule has 1 heterocycles. The number of aromatic hydroxyl groups is 1. The molecule has 0 aliphatic heterocycles. The molecular formula is C13H11N5O3. The summed E-state index contributed by atoms with van der Waals surface area (Å²) in [6.45, 7) is 0. The average molecular weight is 285 g/mol. The standard InChI is InChI=1S/C13H11N5O3/c14-13(11-3-1-2-6-15-11)17-16-8-9-7-10(18(20)21)4-5-12(9)19/h1-8,19H,(H2,14,17)/b16-8-. The molecule has 0 bridgehead atoms. The highest BCUT2D eigenvalue weighted by Gasteiger charge is 2.08. The van der Waals surface area contributed by atoms with Crippen LogP contribution in [0.5, 0.6) is 5.75 Å². The number of phenolic OH excluding ortho intramolecular Hbond substituents is 1. The number of nitrogens with two attached hydrogens (primary N) is 1. The molecule has 0 spiro atoms. The van der Waals surface area contributed by atoms with Gasteiger partial charge in [0.15, 0.2) is 5.84 Å². The second-order valence-corrected chi connectivity index (χ2v) is 3.95. The van der Waals surface area contributed by atoms with E-state index in [1.165, 1.54) is 24.4 Å². The summed E-state index contributed by atoms with van der Waals surface area (Å²) in [6, 6.07) is 8.75. The summed E-state index contributed by atoms with van der Waals surface area (Å²) in [5.41, 5.74) is 6.15. The van der Waals surface area contributed by atoms with E-state index in [0.717, 1.165) is 0 Å². The molecule has 1 aromatic heterocycles. The summed E-state index contributed by atoms with van der Waals surface area (Å²) >= 11 is 0. The van der Waals surface area contributed by atoms with Gasteiger partial charge in [-0.15, -0.1) is 5.10 Å². The van der Waals surface area contributed by atoms with Gasteiger partial charge in [0.25, 0.3) is 5.69 Å². The molecule has 106 valence electrons. The second kappa shape index (κ2) is 6.24. The fourth-order valence-electron chi connectivity index (χ4n) is 1.48. The lowest BCUT2D eigenvalue weighted by Crippen LogP contribution is -2.14. The zero-order valence-corrected chi connectivity index (χ0v) is 10.7. The van der Waals surface area contributed by atoms with Gasteiger partial charge in [-0.05, 0) is 18.2 Å². The molecule has 0 amide bonds. The Bertz CT molecular complexity index is 713. The number of phenols is 1. The van der Waals surface area contributed by atoms with Crippen LogP contribution in [0.15, 0.2) is 52.8 Å². The zero-order valence-electron chi connectivity index (χ0n) is 10.7. The third-order valence-corrected chi connectivity index (χ3v) is 2.51. The first-order chi connectivity index (χ1) is 10.1. The van der Waals surface area contributed by atoms with E-state index in [0.29, 0.717) is 5.69 Å². The predicted molar refractivity (Wildman–Crippen MR) is 77.3 cm³/mol. The van der Waals surface area contributed by atoms with Crippen LogP contribution < -0.4 is 5.73 Å². The minimum absolute atomic E-state index is 0.0942. The number of non-ortho nitro benzene ring substituents is 1. The van der Waals surface area contributed by atoms with Crippen molar-refractivity contribution < 1.29 is 10.0 Å². The van der Waals surface area contributed by atoms with E-state index in [1.807, 2.05) is 0 Å². The maximum Gasteiger partial charge on any atom is 0.270 e. The van der Waals surface area contributed by atoms with Crippen molar-refractivity contribution in [3.8, 4) is 5.75 Å². The number of nitro groups is 1. The zero-order chi connectivity index (χ0) is 15.2. The van der Waals surface area contributed by atoms with Gasteiger partial charge >= 0.3 is 0 Å². The Balaban J connectivity index is 2.22. The first kappa shape index (κ1) is 14.1. The van der Waals surface area contributed by atoms with E-state index < -0.39 is 4.92 Å². The third-order valence-electron chi connectivity index (χ3n) is 2.51. The van der Waals surface area contributed by atoms with Gasteiger partial charge in [0.2, 0.25) is 0 Å². The van der Waals surface area contributed by atoms with Crippen LogP contribution in [0.3, 0.4) is 0 Å². The molecule has 2 rings (SSSR count). The van der Waals surface area contributed by atoms with E-state index in [-0.39, 0.29) is 22.8 Å². The predicted octanol–water partition coefficient (Wildman–Crippen LogP) is 1.43. The first-order valence-electron chi connectivity index (χ1n) is 5.83. The van der Waals surface area contributed by atoms with E-state index in [2.05, 4.69) is 15.2 Å². The number of hydrogen-bond donors (Lipinski definition) is 2. The normalized spacial score (nSPS) is 11.7. The maximum atomic E-state index is 10.7. The molecule has 0 unspecified atom stereocenters. The molecule has 0 saturated heterocycles. The van der Waals surface area contributed by atoms with Crippen LogP contribution in [-0.4, -0.2) is 27.1 Å². The van der Waals surface area contributed by atoms with E-state index in [4.69, 9.17) is 5.73 Å². The van der Waals surface area contributed by atoms with Crippen LogP contribution in [0.25, 0.3) is 0 Å². The summed E-state index contributed by atoms with van der Waals surface area (Å²) in [7, 11) is 0. The van der Waals surface area contributed by atoms with E-state index >= 15 is 0 Å². The highest BCUT2D eigenvalue weighted by molar-refractivity contribution is 5.96. The quantitative estimate of drug-likeness (QED) is 0.380. The lowest BCUT2D eigenvalue weighted by molar-refractivity contribution is -0.384. The van der Waals surface area contributed by atoms with Crippen LogP contribution in [0.2, 0.25) is 0 Å². The molecule has 0 aliphatic carbocycles. The minimum Gasteiger partial charge on any atom is -0.507 e. The molecule has 0 radical (unpaired) electrons. The summed E-state index contributed by atoms with van der Waals surface area (Å²) in [4.78, 5) is 14.1. The summed E-state index contributed by atoms with van der Waals surface area (Å²) in [6.07, 6.45) is 2.74. The number of benzene rings is 1. The molecule has 0 atom stereocenters. The highest BCUT2D eigenvalue weighted by atomic mass is 16.6. The van der Waals surface area contributed by atoms with Gasteiger partial charge < -0.3 is 10.8 Å². The lowest BCUT2D eigenvalue weighted by atomic mass is 10.2. The largest absolute Gasteiger partial charge is 0.507 e. The number of pyridine rings is 1. The Morgan fingerprint density at radius 2 is 2.19 bits per heavy atom. The fourth-order valence-corrected chi connectivity index (χ4v) is 1.48. The van der Waals surface area contributed by atoms with Crippen molar-refractivity contribution in [2.24, 2.45) is 15.9 Å². The van der Waals surface area contributed by atoms with Crippen molar-refractivity contribution in [1.82, 2.24) is 4.98 Å². The minimum atomic E-state index is -0.567. The summed E-state index contributed by atoms with van der Waals surface area (Å²) in [5.74, 6) is -0.0484. The Morgan fingerprint density at radius 3 is 2.86 bits per heavy atom. The third kappa shape index (κ3) is 3.60. The molecular weight excluding hydrogens is 274 g/mol. The van der Waals surface area contributed by atoms with E-state index in [1.54, 1.807) is 24.4 Å². The number of amidine groups is 1. The average Bonchev–Trinajstić information content (AvgIpc) is 2.49. The van der Waals surface area contributed by atoms with Crippen LogP contribution >= 0.6 is 0 Å². The van der Waals surface area contributed by atoms with Gasteiger partial charge in [-0.1, -0.05) is 6.07 Å². The number of aromatic nitrogens is 1. The lowest BCUT2D eigenvalue weighted by Gasteiger charge is -1.98. The molecule has 0 saturated carbocycles. The molecule has 8 heteroatoms. The molecule has 0 aliphatic rings. The number of rotatable bonds is 4. The number of hydrogen-bond acceptors (Lipinski definition) is 6. The van der Waals surface area contributed by atoms with Gasteiger partial charge in [-0.25, -0.2) is 0 Å². The molecule has 3 N–H and O–H groups in total. The van der Waals surface area contributed by atoms with Crippen LogP contribution in [0.4, 0.5) is 5.69 Å². The molecule has 1 aromatic carbocycles. The van der Waals surface area contributed by atoms with Crippen molar-refractivity contribution in [2.45, 2.75) is 0 Å². The molecule has 8 nitrogen and oxygen atoms in total. The van der Waals surface area contributed by atoms with Crippen LogP contribution in [0.1, 0.15) is 11.3 Å². The second-order valence-electron chi connectivity index (χ2n) is 3.95. The number of nitrogens with zero attached hydrogens (tertiary/aromatic N) is 4. The maximum absolute atomic E-state index is 10.7. The molecule has 2 aromatic rings. The van der Waals surface area contributed by atoms with Crippen LogP contribution in [0, 0.1) is 10.1 Å². The van der Waals surface area contributed by atoms with Crippen molar-refractivity contribution in [2.75, 3.05) is 0 Å². The van der Waals surface area contributed by atoms with Gasteiger partial charge in [-0.2, -0.15) is 5.10 Å². The topological polar surface area (TPSA) is 127 Å². The van der Waals surface area contributed by atoms with Gasteiger partial charge in [0.05, 0.1) is 11.1 Å². The summed E-state index contributed by atoms with van der Waals surface area (Å²) < 4.78 is 0. The Kier molecular flexibility index (Phi) is 4.20.